The molecule has 0 aromatic heterocycles. The van der Waals surface area contributed by atoms with Crippen LogP contribution < -0.4 is 5.32 Å². The number of carbonyl (C=O) groups excluding carboxylic acids is 2. The van der Waals surface area contributed by atoms with E-state index in [0.717, 1.165) is 18.4 Å². The third-order valence-electron chi connectivity index (χ3n) is 10.7. The van der Waals surface area contributed by atoms with Gasteiger partial charge in [0.25, 0.3) is 0 Å². The highest BCUT2D eigenvalue weighted by Gasteiger charge is 2.68. The first kappa shape index (κ1) is 35.0. The minimum atomic E-state index is -2.22. The summed E-state index contributed by atoms with van der Waals surface area (Å²) in [5.41, 5.74) is 0.117. The van der Waals surface area contributed by atoms with Crippen molar-refractivity contribution in [1.29, 1.82) is 0 Å². The topological polar surface area (TPSA) is 92.3 Å². The highest BCUT2D eigenvalue weighted by molar-refractivity contribution is 6.74. The number of carbonyl (C=O) groups is 2. The van der Waals surface area contributed by atoms with Crippen LogP contribution in [0, 0.1) is 17.3 Å². The summed E-state index contributed by atoms with van der Waals surface area (Å²) >= 11 is 0. The molecule has 1 saturated heterocycles. The maximum Gasteiger partial charge on any atom is 0.481 e. The van der Waals surface area contributed by atoms with E-state index in [9.17, 15) is 9.59 Å². The van der Waals surface area contributed by atoms with Gasteiger partial charge in [-0.15, -0.1) is 0 Å². The van der Waals surface area contributed by atoms with Crippen molar-refractivity contribution in [3.63, 3.8) is 0 Å². The van der Waals surface area contributed by atoms with Crippen LogP contribution in [-0.4, -0.2) is 56.8 Å². The lowest BCUT2D eigenvalue weighted by Crippen LogP contribution is -2.65. The van der Waals surface area contributed by atoms with Crippen LogP contribution in [0.15, 0.2) is 30.3 Å². The van der Waals surface area contributed by atoms with Crippen molar-refractivity contribution in [2.45, 2.75) is 149 Å². The summed E-state index contributed by atoms with van der Waals surface area (Å²) in [7, 11) is -2.84. The van der Waals surface area contributed by atoms with E-state index in [1.807, 2.05) is 51.1 Å². The second-order valence-corrected chi connectivity index (χ2v) is 21.3. The normalized spacial score (nSPS) is 27.5. The standard InChI is InChI=1S/C34H56BNO7Si/c1-31(2,3)40-29(37)21-25(42-44(10,11)32(4,5)6)17-18-28(36-30(38)39-22-23-15-13-12-14-16-23)35-41-27-20-24-19-26(33(24,7)8)34(27,9)43-35/h12-16,24-28H,17-22H2,1-11H3,(H,36,38)/t24-,25?,26-,27+,28-,34-/m0/s1. The van der Waals surface area contributed by atoms with Crippen LogP contribution in [-0.2, 0) is 34.6 Å². The Kier molecular flexibility index (Phi) is 10.1. The van der Waals surface area contributed by atoms with Gasteiger partial charge < -0.3 is 28.5 Å². The lowest BCUT2D eigenvalue weighted by atomic mass is 9.43. The van der Waals surface area contributed by atoms with Crippen molar-refractivity contribution >= 4 is 27.5 Å². The molecular weight excluding hydrogens is 573 g/mol. The lowest BCUT2D eigenvalue weighted by Gasteiger charge is -2.64. The van der Waals surface area contributed by atoms with Gasteiger partial charge >= 0.3 is 19.2 Å². The maximum absolute atomic E-state index is 13.1. The highest BCUT2D eigenvalue weighted by Crippen LogP contribution is 2.65. The molecule has 1 aliphatic heterocycles. The summed E-state index contributed by atoms with van der Waals surface area (Å²) < 4.78 is 31.5. The number of nitrogens with one attached hydrogen (secondary N) is 1. The van der Waals surface area contributed by atoms with Gasteiger partial charge in [0.05, 0.1) is 30.2 Å². The Morgan fingerprint density at radius 1 is 1.05 bits per heavy atom. The number of amides is 1. The Balaban J connectivity index is 1.51. The van der Waals surface area contributed by atoms with Crippen LogP contribution in [0.2, 0.25) is 18.1 Å². The molecule has 6 atom stereocenters. The zero-order chi connectivity index (χ0) is 32.7. The summed E-state index contributed by atoms with van der Waals surface area (Å²) in [6.07, 6.45) is 2.34. The van der Waals surface area contributed by atoms with Gasteiger partial charge in [-0.2, -0.15) is 0 Å². The monoisotopic (exact) mass is 629 g/mol. The van der Waals surface area contributed by atoms with Gasteiger partial charge in [-0.25, -0.2) is 4.79 Å². The van der Waals surface area contributed by atoms with E-state index >= 15 is 0 Å². The SMILES string of the molecule is CC(C)(C)OC(=O)CC(CC[C@H](NC(=O)OCc1ccccc1)B1O[C@@H]2C[C@@H]3C[C@@H](C3(C)C)[C@]2(C)O1)O[Si](C)(C)C(C)(C)C. The van der Waals surface area contributed by atoms with E-state index < -0.39 is 38.7 Å². The fourth-order valence-corrected chi connectivity index (χ4v) is 8.38. The fraction of sp³-hybridized carbons (Fsp3) is 0.765. The molecule has 1 amide bonds. The van der Waals surface area contributed by atoms with E-state index in [1.165, 1.54) is 0 Å². The molecule has 4 aliphatic rings. The molecule has 4 fully saturated rings. The van der Waals surface area contributed by atoms with E-state index in [1.54, 1.807) is 0 Å². The van der Waals surface area contributed by atoms with Crippen LogP contribution in [0.3, 0.4) is 0 Å². The number of benzene rings is 1. The number of ether oxygens (including phenoxy) is 2. The molecule has 10 heteroatoms. The average Bonchev–Trinajstić information content (AvgIpc) is 3.25. The largest absolute Gasteiger partial charge is 0.481 e. The zero-order valence-electron chi connectivity index (χ0n) is 29.0. The Hall–Kier alpha value is -1.88. The molecule has 5 rings (SSSR count). The van der Waals surface area contributed by atoms with Crippen molar-refractivity contribution < 1.29 is 32.8 Å². The highest BCUT2D eigenvalue weighted by atomic mass is 28.4. The predicted octanol–water partition coefficient (Wildman–Crippen LogP) is 7.45. The molecule has 3 saturated carbocycles. The molecule has 1 aromatic rings. The first-order valence-corrected chi connectivity index (χ1v) is 19.3. The van der Waals surface area contributed by atoms with Gasteiger partial charge in [-0.1, -0.05) is 65.0 Å². The van der Waals surface area contributed by atoms with E-state index in [-0.39, 0.29) is 41.7 Å². The molecular formula is C34H56BNO7Si. The molecule has 1 unspecified atom stereocenters. The third-order valence-corrected chi connectivity index (χ3v) is 15.2. The van der Waals surface area contributed by atoms with Crippen LogP contribution in [0.5, 0.6) is 0 Å². The summed E-state index contributed by atoms with van der Waals surface area (Å²) in [5.74, 6) is 0.245. The maximum atomic E-state index is 13.1. The molecule has 3 aliphatic carbocycles. The minimum Gasteiger partial charge on any atom is -0.460 e. The predicted molar refractivity (Wildman–Crippen MR) is 175 cm³/mol. The molecule has 1 heterocycles. The summed E-state index contributed by atoms with van der Waals surface area (Å²) in [4.78, 5) is 26.1. The van der Waals surface area contributed by atoms with Crippen molar-refractivity contribution in [1.82, 2.24) is 5.32 Å². The molecule has 0 radical (unpaired) electrons. The summed E-state index contributed by atoms with van der Waals surface area (Å²) in [6.45, 7) is 23.6. The third kappa shape index (κ3) is 7.91. The van der Waals surface area contributed by atoms with Crippen LogP contribution >= 0.6 is 0 Å². The average molecular weight is 630 g/mol. The Labute approximate surface area is 266 Å². The van der Waals surface area contributed by atoms with E-state index in [2.05, 4.69) is 60.0 Å². The minimum absolute atomic E-state index is 0.0186. The van der Waals surface area contributed by atoms with Crippen molar-refractivity contribution in [2.24, 2.45) is 17.3 Å². The lowest BCUT2D eigenvalue weighted by molar-refractivity contribution is -0.199. The molecule has 8 nitrogen and oxygen atoms in total. The summed E-state index contributed by atoms with van der Waals surface area (Å²) in [6, 6.07) is 9.61. The molecule has 246 valence electrons. The first-order chi connectivity index (χ1) is 20.2. The van der Waals surface area contributed by atoms with Gasteiger partial charge in [-0.3, -0.25) is 4.79 Å². The van der Waals surface area contributed by atoms with Crippen LogP contribution in [0.4, 0.5) is 4.79 Å². The smallest absolute Gasteiger partial charge is 0.460 e. The first-order valence-electron chi connectivity index (χ1n) is 16.4. The van der Waals surface area contributed by atoms with Gasteiger partial charge in [-0.05, 0) is 94.3 Å². The number of hydrogen-bond donors (Lipinski definition) is 1. The molecule has 1 N–H and O–H groups in total. The van der Waals surface area contributed by atoms with Crippen molar-refractivity contribution in [3.05, 3.63) is 35.9 Å². The van der Waals surface area contributed by atoms with Gasteiger partial charge in [0, 0.05) is 0 Å². The number of hydrogen-bond acceptors (Lipinski definition) is 7. The number of rotatable bonds is 11. The van der Waals surface area contributed by atoms with E-state index in [4.69, 9.17) is 23.2 Å². The molecule has 2 bridgehead atoms. The van der Waals surface area contributed by atoms with Gasteiger partial charge in [0.1, 0.15) is 12.2 Å². The Morgan fingerprint density at radius 3 is 2.30 bits per heavy atom. The van der Waals surface area contributed by atoms with Crippen molar-refractivity contribution in [3.8, 4) is 0 Å². The molecule has 0 spiro atoms. The summed E-state index contributed by atoms with van der Waals surface area (Å²) in [5, 5.41) is 3.04. The second kappa shape index (κ2) is 12.7. The van der Waals surface area contributed by atoms with Gasteiger partial charge in [0.2, 0.25) is 0 Å². The van der Waals surface area contributed by atoms with Crippen LogP contribution in [0.1, 0.15) is 100.0 Å². The zero-order valence-corrected chi connectivity index (χ0v) is 30.0. The number of alkyl carbamates (subject to hydrolysis) is 1. The van der Waals surface area contributed by atoms with Crippen LogP contribution in [0.25, 0.3) is 0 Å². The van der Waals surface area contributed by atoms with Gasteiger partial charge in [0.15, 0.2) is 8.32 Å². The Morgan fingerprint density at radius 2 is 1.70 bits per heavy atom. The number of esters is 1. The second-order valence-electron chi connectivity index (χ2n) is 16.5. The fourth-order valence-electron chi connectivity index (χ4n) is 6.99. The Bertz CT molecular complexity index is 1160. The van der Waals surface area contributed by atoms with E-state index in [0.29, 0.717) is 24.7 Å². The quantitative estimate of drug-likeness (QED) is 0.201. The molecule has 1 aromatic carbocycles. The molecule has 44 heavy (non-hydrogen) atoms. The van der Waals surface area contributed by atoms with Crippen molar-refractivity contribution in [2.75, 3.05) is 0 Å².